The minimum absolute atomic E-state index is 0.429. The van der Waals surface area contributed by atoms with Crippen molar-refractivity contribution in [2.24, 2.45) is 11.7 Å². The average molecular weight is 288 g/mol. The Hall–Kier alpha value is -1.59. The topological polar surface area (TPSA) is 75.6 Å². The summed E-state index contributed by atoms with van der Waals surface area (Å²) in [6, 6.07) is 5.37. The van der Waals surface area contributed by atoms with E-state index >= 15 is 0 Å². The van der Waals surface area contributed by atoms with E-state index in [9.17, 15) is 4.79 Å². The number of piperazine rings is 1. The van der Waals surface area contributed by atoms with Gasteiger partial charge < -0.3 is 16.4 Å². The molecule has 1 aliphatic carbocycles. The molecule has 0 radical (unpaired) electrons. The van der Waals surface area contributed by atoms with E-state index in [1.54, 1.807) is 12.1 Å². The predicted molar refractivity (Wildman–Crippen MR) is 83.8 cm³/mol. The molecular weight excluding hydrogens is 264 g/mol. The van der Waals surface area contributed by atoms with Crippen LogP contribution in [0.3, 0.4) is 0 Å². The van der Waals surface area contributed by atoms with Crippen molar-refractivity contribution in [2.75, 3.05) is 38.5 Å². The molecule has 114 valence electrons. The number of carbonyl (C=O) groups is 1. The summed E-state index contributed by atoms with van der Waals surface area (Å²) in [5.41, 5.74) is 13.5. The first kappa shape index (κ1) is 14.4. The Bertz CT molecular complexity index is 519. The third-order valence-electron chi connectivity index (χ3n) is 4.50. The first-order valence-corrected chi connectivity index (χ1v) is 7.75. The minimum atomic E-state index is -0.429. The molecule has 0 bridgehead atoms. The number of nitrogens with two attached hydrogens (primary N) is 2. The highest BCUT2D eigenvalue weighted by atomic mass is 16.1. The number of carbonyl (C=O) groups excluding carboxylic acids is 1. The van der Waals surface area contributed by atoms with Gasteiger partial charge in [0.25, 0.3) is 0 Å². The highest BCUT2D eigenvalue weighted by Crippen LogP contribution is 2.30. The number of hydrogen-bond acceptors (Lipinski definition) is 4. The largest absolute Gasteiger partial charge is 0.398 e. The van der Waals surface area contributed by atoms with Gasteiger partial charge in [0.2, 0.25) is 5.91 Å². The van der Waals surface area contributed by atoms with Gasteiger partial charge in [-0.15, -0.1) is 0 Å². The fourth-order valence-electron chi connectivity index (χ4n) is 2.93. The molecule has 1 amide bonds. The number of hydrogen-bond donors (Lipinski definition) is 2. The van der Waals surface area contributed by atoms with Gasteiger partial charge >= 0.3 is 0 Å². The third kappa shape index (κ3) is 3.74. The van der Waals surface area contributed by atoms with Crippen molar-refractivity contribution < 1.29 is 4.79 Å². The number of benzene rings is 1. The monoisotopic (exact) mass is 288 g/mol. The molecule has 0 atom stereocenters. The maximum absolute atomic E-state index is 11.1. The van der Waals surface area contributed by atoms with Crippen LogP contribution < -0.4 is 11.5 Å². The SMILES string of the molecule is NC(=O)c1ccc(CN2CCN(CC3CC3)CC2)c(N)c1. The Morgan fingerprint density at radius 1 is 1.14 bits per heavy atom. The molecule has 1 heterocycles. The third-order valence-corrected chi connectivity index (χ3v) is 4.50. The fourth-order valence-corrected chi connectivity index (χ4v) is 2.93. The molecule has 1 saturated carbocycles. The van der Waals surface area contributed by atoms with Gasteiger partial charge in [-0.25, -0.2) is 0 Å². The Balaban J connectivity index is 1.53. The molecule has 1 aromatic carbocycles. The number of primary amides is 1. The lowest BCUT2D eigenvalue weighted by molar-refractivity contribution is 0.1000. The lowest BCUT2D eigenvalue weighted by atomic mass is 10.1. The lowest BCUT2D eigenvalue weighted by Crippen LogP contribution is -2.46. The second-order valence-corrected chi connectivity index (χ2v) is 6.30. The summed E-state index contributed by atoms with van der Waals surface area (Å²) in [4.78, 5) is 16.1. The molecule has 5 heteroatoms. The van der Waals surface area contributed by atoms with Crippen LogP contribution in [0.4, 0.5) is 5.69 Å². The normalized spacial score (nSPS) is 20.6. The first-order chi connectivity index (χ1) is 10.1. The molecule has 2 aliphatic rings. The average Bonchev–Trinajstić information content (AvgIpc) is 3.27. The van der Waals surface area contributed by atoms with Crippen molar-refractivity contribution in [1.82, 2.24) is 9.80 Å². The summed E-state index contributed by atoms with van der Waals surface area (Å²) >= 11 is 0. The van der Waals surface area contributed by atoms with E-state index in [1.807, 2.05) is 6.07 Å². The minimum Gasteiger partial charge on any atom is -0.398 e. The number of nitrogens with zero attached hydrogens (tertiary/aromatic N) is 2. The molecule has 2 fully saturated rings. The summed E-state index contributed by atoms with van der Waals surface area (Å²) in [6.07, 6.45) is 2.84. The van der Waals surface area contributed by atoms with Gasteiger partial charge in [-0.3, -0.25) is 9.69 Å². The van der Waals surface area contributed by atoms with Crippen molar-refractivity contribution in [3.8, 4) is 0 Å². The molecule has 1 aromatic rings. The van der Waals surface area contributed by atoms with E-state index in [0.29, 0.717) is 11.3 Å². The maximum atomic E-state index is 11.1. The van der Waals surface area contributed by atoms with Gasteiger partial charge in [-0.2, -0.15) is 0 Å². The molecule has 1 saturated heterocycles. The van der Waals surface area contributed by atoms with Crippen molar-refractivity contribution in [3.63, 3.8) is 0 Å². The van der Waals surface area contributed by atoms with Gasteiger partial charge in [0.05, 0.1) is 0 Å². The molecule has 0 unspecified atom stereocenters. The van der Waals surface area contributed by atoms with Crippen LogP contribution in [0, 0.1) is 5.92 Å². The molecule has 5 nitrogen and oxygen atoms in total. The van der Waals surface area contributed by atoms with Gasteiger partial charge in [0.1, 0.15) is 0 Å². The van der Waals surface area contributed by atoms with E-state index in [1.165, 1.54) is 19.4 Å². The van der Waals surface area contributed by atoms with Gasteiger partial charge in [0.15, 0.2) is 0 Å². The summed E-state index contributed by atoms with van der Waals surface area (Å²) in [5, 5.41) is 0. The highest BCUT2D eigenvalue weighted by Gasteiger charge is 2.26. The maximum Gasteiger partial charge on any atom is 0.248 e. The Morgan fingerprint density at radius 2 is 1.81 bits per heavy atom. The van der Waals surface area contributed by atoms with E-state index in [-0.39, 0.29) is 0 Å². The molecule has 1 aliphatic heterocycles. The fraction of sp³-hybridized carbons (Fsp3) is 0.562. The number of nitrogen functional groups attached to an aromatic ring is 1. The van der Waals surface area contributed by atoms with Crippen molar-refractivity contribution in [3.05, 3.63) is 29.3 Å². The van der Waals surface area contributed by atoms with E-state index in [0.717, 1.165) is 44.2 Å². The van der Waals surface area contributed by atoms with Crippen LogP contribution in [-0.4, -0.2) is 48.4 Å². The molecule has 4 N–H and O–H groups in total. The molecule has 3 rings (SSSR count). The standard InChI is InChI=1S/C16H24N4O/c17-15-9-13(16(18)21)3-4-14(15)11-20-7-5-19(6-8-20)10-12-1-2-12/h3-4,9,12H,1-2,5-8,10-11,17H2,(H2,18,21). The van der Waals surface area contributed by atoms with E-state index in [2.05, 4.69) is 9.80 Å². The second kappa shape index (κ2) is 6.03. The summed E-state index contributed by atoms with van der Waals surface area (Å²) in [7, 11) is 0. The van der Waals surface area contributed by atoms with E-state index < -0.39 is 5.91 Å². The van der Waals surface area contributed by atoms with Crippen LogP contribution in [0.25, 0.3) is 0 Å². The van der Waals surface area contributed by atoms with Gasteiger partial charge in [-0.1, -0.05) is 6.07 Å². The Kier molecular flexibility index (Phi) is 4.12. The quantitative estimate of drug-likeness (QED) is 0.789. The lowest BCUT2D eigenvalue weighted by Gasteiger charge is -2.35. The number of amides is 1. The zero-order valence-corrected chi connectivity index (χ0v) is 12.4. The van der Waals surface area contributed by atoms with Gasteiger partial charge in [0, 0.05) is 50.5 Å². The molecule has 21 heavy (non-hydrogen) atoms. The second-order valence-electron chi connectivity index (χ2n) is 6.30. The van der Waals surface area contributed by atoms with Crippen LogP contribution >= 0.6 is 0 Å². The first-order valence-electron chi connectivity index (χ1n) is 7.75. The Labute approximate surface area is 125 Å². The molecular formula is C16H24N4O. The van der Waals surface area contributed by atoms with Crippen molar-refractivity contribution in [1.29, 1.82) is 0 Å². The van der Waals surface area contributed by atoms with Crippen LogP contribution in [0.1, 0.15) is 28.8 Å². The summed E-state index contributed by atoms with van der Waals surface area (Å²) in [6.45, 7) is 6.60. The van der Waals surface area contributed by atoms with Gasteiger partial charge in [-0.05, 0) is 36.5 Å². The zero-order chi connectivity index (χ0) is 14.8. The van der Waals surface area contributed by atoms with Crippen LogP contribution in [0.5, 0.6) is 0 Å². The summed E-state index contributed by atoms with van der Waals surface area (Å²) < 4.78 is 0. The number of rotatable bonds is 5. The predicted octanol–water partition coefficient (Wildman–Crippen LogP) is 0.895. The van der Waals surface area contributed by atoms with Crippen LogP contribution in [0.15, 0.2) is 18.2 Å². The zero-order valence-electron chi connectivity index (χ0n) is 12.4. The molecule has 0 aromatic heterocycles. The highest BCUT2D eigenvalue weighted by molar-refractivity contribution is 5.93. The Morgan fingerprint density at radius 3 is 2.38 bits per heavy atom. The summed E-state index contributed by atoms with van der Waals surface area (Å²) in [5.74, 6) is 0.537. The van der Waals surface area contributed by atoms with Crippen molar-refractivity contribution in [2.45, 2.75) is 19.4 Å². The van der Waals surface area contributed by atoms with Crippen LogP contribution in [-0.2, 0) is 6.54 Å². The smallest absolute Gasteiger partial charge is 0.248 e. The van der Waals surface area contributed by atoms with E-state index in [4.69, 9.17) is 11.5 Å². The van der Waals surface area contributed by atoms with Crippen molar-refractivity contribution >= 4 is 11.6 Å². The number of anilines is 1. The molecule has 0 spiro atoms. The van der Waals surface area contributed by atoms with Crippen LogP contribution in [0.2, 0.25) is 0 Å².